The van der Waals surface area contributed by atoms with Crippen molar-refractivity contribution in [1.82, 2.24) is 10.6 Å². The van der Waals surface area contributed by atoms with Crippen molar-refractivity contribution in [2.45, 2.75) is 25.5 Å². The second-order valence-electron chi connectivity index (χ2n) is 7.13. The van der Waals surface area contributed by atoms with E-state index in [0.717, 1.165) is 16.7 Å². The molecule has 3 aromatic rings. The first kappa shape index (κ1) is 21.2. The Kier molecular flexibility index (Phi) is 6.70. The Morgan fingerprint density at radius 2 is 1.81 bits per heavy atom. The first-order chi connectivity index (χ1) is 15.1. The molecule has 1 aliphatic rings. The van der Waals surface area contributed by atoms with Crippen molar-refractivity contribution in [1.29, 1.82) is 0 Å². The predicted molar refractivity (Wildman–Crippen MR) is 122 cm³/mol. The first-order valence-corrected chi connectivity index (χ1v) is 11.2. The molecule has 1 aromatic heterocycles. The van der Waals surface area contributed by atoms with Gasteiger partial charge in [-0.2, -0.15) is 11.3 Å². The Bertz CT molecular complexity index is 1100. The molecule has 0 bridgehead atoms. The highest BCUT2D eigenvalue weighted by molar-refractivity contribution is 7.08. The van der Waals surface area contributed by atoms with Gasteiger partial charge in [0.05, 0.1) is 11.6 Å². The molecule has 5 nitrogen and oxygen atoms in total. The molecule has 1 aliphatic heterocycles. The molecule has 2 amide bonds. The minimum absolute atomic E-state index is 0.158. The van der Waals surface area contributed by atoms with Crippen LogP contribution in [0.5, 0.6) is 0 Å². The molecule has 0 aliphatic carbocycles. The number of hydrogen-bond donors (Lipinski definition) is 2. The van der Waals surface area contributed by atoms with E-state index in [1.807, 2.05) is 71.4 Å². The molecule has 0 saturated carbocycles. The van der Waals surface area contributed by atoms with Crippen LogP contribution in [-0.2, 0) is 22.6 Å². The first-order valence-electron chi connectivity index (χ1n) is 9.89. The highest BCUT2D eigenvalue weighted by Crippen LogP contribution is 2.31. The summed E-state index contributed by atoms with van der Waals surface area (Å²) in [5.41, 5.74) is 3.67. The van der Waals surface area contributed by atoms with Crippen LogP contribution in [0.15, 0.2) is 82.7 Å². The number of halogens is 1. The van der Waals surface area contributed by atoms with E-state index in [1.54, 1.807) is 0 Å². The van der Waals surface area contributed by atoms with Crippen LogP contribution >= 0.6 is 22.9 Å². The van der Waals surface area contributed by atoms with Gasteiger partial charge >= 0.3 is 12.0 Å². The molecule has 7 heteroatoms. The van der Waals surface area contributed by atoms with Crippen molar-refractivity contribution in [3.05, 3.63) is 104 Å². The Labute approximate surface area is 189 Å². The van der Waals surface area contributed by atoms with Crippen LogP contribution < -0.4 is 10.6 Å². The van der Waals surface area contributed by atoms with Crippen LogP contribution in [0.3, 0.4) is 0 Å². The summed E-state index contributed by atoms with van der Waals surface area (Å²) in [7, 11) is 0. The molecule has 4 rings (SSSR count). The van der Waals surface area contributed by atoms with Crippen molar-refractivity contribution in [2.24, 2.45) is 0 Å². The molecule has 0 saturated heterocycles. The number of carbonyl (C=O) groups is 2. The molecule has 0 spiro atoms. The second kappa shape index (κ2) is 9.81. The molecule has 31 heavy (non-hydrogen) atoms. The zero-order valence-electron chi connectivity index (χ0n) is 16.6. The molecule has 1 unspecified atom stereocenters. The summed E-state index contributed by atoms with van der Waals surface area (Å²) in [4.78, 5) is 25.6. The van der Waals surface area contributed by atoms with Crippen molar-refractivity contribution in [3.63, 3.8) is 0 Å². The Morgan fingerprint density at radius 3 is 2.55 bits per heavy atom. The van der Waals surface area contributed by atoms with Gasteiger partial charge in [-0.1, -0.05) is 60.1 Å². The van der Waals surface area contributed by atoms with Crippen molar-refractivity contribution in [2.75, 3.05) is 0 Å². The van der Waals surface area contributed by atoms with E-state index in [0.29, 0.717) is 29.1 Å². The molecular formula is C24H21ClN2O3S. The van der Waals surface area contributed by atoms with Gasteiger partial charge in [0.1, 0.15) is 6.61 Å². The lowest BCUT2D eigenvalue weighted by Gasteiger charge is -2.29. The number of thiophene rings is 1. The van der Waals surface area contributed by atoms with Gasteiger partial charge < -0.3 is 15.4 Å². The van der Waals surface area contributed by atoms with Crippen LogP contribution in [0.2, 0.25) is 5.02 Å². The molecule has 0 fully saturated rings. The number of amides is 2. The average Bonchev–Trinajstić information content (AvgIpc) is 3.32. The smallest absolute Gasteiger partial charge is 0.338 e. The maximum absolute atomic E-state index is 13.2. The van der Waals surface area contributed by atoms with Crippen LogP contribution in [0.25, 0.3) is 0 Å². The topological polar surface area (TPSA) is 67.4 Å². The van der Waals surface area contributed by atoms with E-state index in [9.17, 15) is 9.59 Å². The zero-order valence-corrected chi connectivity index (χ0v) is 18.2. The monoisotopic (exact) mass is 452 g/mol. The lowest BCUT2D eigenvalue weighted by Crippen LogP contribution is -2.46. The van der Waals surface area contributed by atoms with Gasteiger partial charge in [-0.05, 0) is 52.4 Å². The van der Waals surface area contributed by atoms with Gasteiger partial charge in [-0.3, -0.25) is 0 Å². The summed E-state index contributed by atoms with van der Waals surface area (Å²) in [5.74, 6) is -0.457. The Balaban J connectivity index is 1.63. The van der Waals surface area contributed by atoms with Gasteiger partial charge in [0.15, 0.2) is 0 Å². The normalized spacial score (nSPS) is 15.9. The Morgan fingerprint density at radius 1 is 1.03 bits per heavy atom. The highest BCUT2D eigenvalue weighted by Gasteiger charge is 2.33. The van der Waals surface area contributed by atoms with E-state index in [2.05, 4.69) is 10.6 Å². The summed E-state index contributed by atoms with van der Waals surface area (Å²) in [5, 5.41) is 10.2. The van der Waals surface area contributed by atoms with Crippen molar-refractivity contribution >= 4 is 34.9 Å². The number of aryl methyl sites for hydroxylation is 1. The number of nitrogens with one attached hydrogen (secondary N) is 2. The summed E-state index contributed by atoms with van der Waals surface area (Å²) in [6.07, 6.45) is 1.04. The fraction of sp³-hybridized carbons (Fsp3) is 0.167. The molecule has 1 atom stereocenters. The van der Waals surface area contributed by atoms with Gasteiger partial charge in [0, 0.05) is 10.7 Å². The lowest BCUT2D eigenvalue weighted by atomic mass is 9.94. The van der Waals surface area contributed by atoms with Crippen LogP contribution in [0.4, 0.5) is 4.79 Å². The third-order valence-electron chi connectivity index (χ3n) is 5.07. The van der Waals surface area contributed by atoms with E-state index in [4.69, 9.17) is 16.3 Å². The molecule has 158 valence electrons. The van der Waals surface area contributed by atoms with E-state index >= 15 is 0 Å². The predicted octanol–water partition coefficient (Wildman–Crippen LogP) is 5.39. The van der Waals surface area contributed by atoms with Gasteiger partial charge in [-0.25, -0.2) is 9.59 Å². The Hall–Kier alpha value is -3.09. The fourth-order valence-corrected chi connectivity index (χ4v) is 4.42. The maximum Gasteiger partial charge on any atom is 0.338 e. The minimum atomic E-state index is -0.565. The van der Waals surface area contributed by atoms with Crippen molar-refractivity contribution in [3.8, 4) is 0 Å². The average molecular weight is 453 g/mol. The number of ether oxygens (including phenoxy) is 1. The van der Waals surface area contributed by atoms with Crippen LogP contribution in [-0.4, -0.2) is 12.0 Å². The van der Waals surface area contributed by atoms with Crippen LogP contribution in [0.1, 0.15) is 29.2 Å². The summed E-state index contributed by atoms with van der Waals surface area (Å²) in [6, 6.07) is 18.1. The largest absolute Gasteiger partial charge is 0.457 e. The number of benzene rings is 2. The van der Waals surface area contributed by atoms with Crippen molar-refractivity contribution < 1.29 is 14.3 Å². The standard InChI is InChI=1S/C24H21ClN2O3S/c25-19-9-5-4-8-17(19)10-11-20-21(23(28)30-14-16-6-2-1-3-7-16)22(27-24(29)26-20)18-12-13-31-15-18/h1-9,12-13,15,22H,10-11,14H2,(H2,26,27,29). The SMILES string of the molecule is O=C1NC(CCc2ccccc2Cl)=C(C(=O)OCc2ccccc2)C(c2ccsc2)N1. The van der Waals surface area contributed by atoms with E-state index < -0.39 is 12.0 Å². The number of allylic oxidation sites excluding steroid dienone is 1. The summed E-state index contributed by atoms with van der Waals surface area (Å²) in [6.45, 7) is 0.158. The van der Waals surface area contributed by atoms with Gasteiger partial charge in [0.25, 0.3) is 0 Å². The molecule has 2 N–H and O–H groups in total. The molecule has 2 aromatic carbocycles. The third-order valence-corrected chi connectivity index (χ3v) is 6.14. The second-order valence-corrected chi connectivity index (χ2v) is 8.32. The minimum Gasteiger partial charge on any atom is -0.457 e. The molecular weight excluding hydrogens is 432 g/mol. The van der Waals surface area contributed by atoms with E-state index in [-0.39, 0.29) is 12.6 Å². The third kappa shape index (κ3) is 5.16. The lowest BCUT2D eigenvalue weighted by molar-refractivity contribution is -0.140. The highest BCUT2D eigenvalue weighted by atomic mass is 35.5. The molecule has 0 radical (unpaired) electrons. The number of rotatable bonds is 7. The van der Waals surface area contributed by atoms with Gasteiger partial charge in [0.2, 0.25) is 0 Å². The fourth-order valence-electron chi connectivity index (χ4n) is 3.51. The number of carbonyl (C=O) groups excluding carboxylic acids is 2. The van der Waals surface area contributed by atoms with Crippen LogP contribution in [0, 0.1) is 0 Å². The molecule has 2 heterocycles. The summed E-state index contributed by atoms with van der Waals surface area (Å²) < 4.78 is 5.63. The van der Waals surface area contributed by atoms with E-state index in [1.165, 1.54) is 11.3 Å². The number of hydrogen-bond acceptors (Lipinski definition) is 4. The quantitative estimate of drug-likeness (QED) is 0.472. The maximum atomic E-state index is 13.2. The number of urea groups is 1. The number of esters is 1. The summed E-state index contributed by atoms with van der Waals surface area (Å²) >= 11 is 7.80. The zero-order chi connectivity index (χ0) is 21.6. The van der Waals surface area contributed by atoms with Gasteiger partial charge in [-0.15, -0.1) is 0 Å².